The Balaban J connectivity index is 1.40. The summed E-state index contributed by atoms with van der Waals surface area (Å²) in [5.74, 6) is -0.250. The molecule has 1 atom stereocenters. The van der Waals surface area contributed by atoms with Crippen LogP contribution in [0.15, 0.2) is 102 Å². The quantitative estimate of drug-likeness (QED) is 0.366. The molecule has 1 aliphatic heterocycles. The van der Waals surface area contributed by atoms with E-state index in [-0.39, 0.29) is 37.1 Å². The Morgan fingerprint density at radius 2 is 1.60 bits per heavy atom. The van der Waals surface area contributed by atoms with Crippen LogP contribution >= 0.6 is 0 Å². The van der Waals surface area contributed by atoms with Crippen molar-refractivity contribution in [2.45, 2.75) is 17.6 Å². The number of hydrogen-bond donors (Lipinski definition) is 1. The van der Waals surface area contributed by atoms with E-state index in [0.29, 0.717) is 11.3 Å². The molecule has 0 radical (unpaired) electrons. The van der Waals surface area contributed by atoms with Crippen molar-refractivity contribution in [2.24, 2.45) is 7.05 Å². The molecule has 2 amide bonds. The molecule has 206 valence electrons. The van der Waals surface area contributed by atoms with Crippen LogP contribution in [-0.2, 0) is 23.6 Å². The summed E-state index contributed by atoms with van der Waals surface area (Å²) in [6.07, 6.45) is 1.85. The van der Waals surface area contributed by atoms with Crippen molar-refractivity contribution in [1.82, 2.24) is 19.4 Å². The highest BCUT2D eigenvalue weighted by molar-refractivity contribution is 7.92. The number of piperazine rings is 1. The highest BCUT2D eigenvalue weighted by Crippen LogP contribution is 2.28. The predicted molar refractivity (Wildman–Crippen MR) is 149 cm³/mol. The number of carboxylic acid groups (broad SMARTS) is 1. The van der Waals surface area contributed by atoms with Crippen LogP contribution < -0.4 is 4.31 Å². The molecule has 0 bridgehead atoms. The van der Waals surface area contributed by atoms with E-state index in [1.165, 1.54) is 21.7 Å². The number of aryl methyl sites for hydroxylation is 1. The number of nitrogens with zero attached hydrogens (tertiary/aromatic N) is 5. The summed E-state index contributed by atoms with van der Waals surface area (Å²) < 4.78 is 30.0. The molecule has 1 fully saturated rings. The third-order valence-corrected chi connectivity index (χ3v) is 8.56. The van der Waals surface area contributed by atoms with Crippen molar-refractivity contribution >= 4 is 27.7 Å². The van der Waals surface area contributed by atoms with Gasteiger partial charge in [0.05, 0.1) is 24.6 Å². The normalized spacial score (nSPS) is 15.6. The maximum atomic E-state index is 13.6. The number of carbonyl (C=O) groups excluding carboxylic acids is 1. The van der Waals surface area contributed by atoms with Gasteiger partial charge in [-0.25, -0.2) is 9.78 Å². The standard InChI is InChI=1S/C29H29N5O5S/c1-31-20-27(30-21-31)40(38,39)34(18-22-8-4-2-5-9-22)25-14-12-24(13-15-25)28(35)32-16-17-33(29(36)37)26(19-32)23-10-6-3-7-11-23/h2-15,20-21,26H,16-19H2,1H3,(H,36,37). The Morgan fingerprint density at radius 1 is 0.950 bits per heavy atom. The van der Waals surface area contributed by atoms with Crippen LogP contribution in [0.4, 0.5) is 10.5 Å². The van der Waals surface area contributed by atoms with Crippen LogP contribution in [0.5, 0.6) is 0 Å². The third kappa shape index (κ3) is 5.55. The van der Waals surface area contributed by atoms with Gasteiger partial charge in [0, 0.05) is 38.4 Å². The van der Waals surface area contributed by atoms with Crippen molar-refractivity contribution < 1.29 is 23.1 Å². The minimum absolute atomic E-state index is 0.0747. The summed E-state index contributed by atoms with van der Waals surface area (Å²) in [5.41, 5.74) is 2.39. The lowest BCUT2D eigenvalue weighted by Crippen LogP contribution is -2.52. The zero-order valence-corrected chi connectivity index (χ0v) is 22.7. The van der Waals surface area contributed by atoms with E-state index in [0.717, 1.165) is 11.1 Å². The second-order valence-electron chi connectivity index (χ2n) is 9.58. The molecule has 4 aromatic rings. The van der Waals surface area contributed by atoms with Gasteiger partial charge in [-0.2, -0.15) is 8.42 Å². The Hall–Kier alpha value is -4.64. The second-order valence-corrected chi connectivity index (χ2v) is 11.4. The minimum Gasteiger partial charge on any atom is -0.465 e. The van der Waals surface area contributed by atoms with Crippen LogP contribution in [-0.4, -0.2) is 64.5 Å². The van der Waals surface area contributed by atoms with Gasteiger partial charge in [-0.1, -0.05) is 60.7 Å². The Kier molecular flexibility index (Phi) is 7.56. The number of benzene rings is 3. The molecule has 11 heteroatoms. The Bertz CT molecular complexity index is 1590. The van der Waals surface area contributed by atoms with Gasteiger partial charge in [0.2, 0.25) is 0 Å². The molecule has 1 N–H and O–H groups in total. The smallest absolute Gasteiger partial charge is 0.407 e. The number of hydrogen-bond acceptors (Lipinski definition) is 5. The van der Waals surface area contributed by atoms with Gasteiger partial charge < -0.3 is 14.6 Å². The van der Waals surface area contributed by atoms with E-state index >= 15 is 0 Å². The maximum absolute atomic E-state index is 13.6. The van der Waals surface area contributed by atoms with E-state index in [9.17, 15) is 23.1 Å². The van der Waals surface area contributed by atoms with Crippen LogP contribution in [0.1, 0.15) is 27.5 Å². The molecule has 5 rings (SSSR count). The predicted octanol–water partition coefficient (Wildman–Crippen LogP) is 3.99. The molecular weight excluding hydrogens is 530 g/mol. The van der Waals surface area contributed by atoms with Crippen molar-refractivity contribution in [2.75, 3.05) is 23.9 Å². The van der Waals surface area contributed by atoms with Crippen molar-refractivity contribution in [3.63, 3.8) is 0 Å². The van der Waals surface area contributed by atoms with Gasteiger partial charge in [-0.3, -0.25) is 14.0 Å². The second kappa shape index (κ2) is 11.2. The largest absolute Gasteiger partial charge is 0.465 e. The first-order valence-corrected chi connectivity index (χ1v) is 14.2. The fraction of sp³-hybridized carbons (Fsp3) is 0.207. The lowest BCUT2D eigenvalue weighted by Gasteiger charge is -2.40. The van der Waals surface area contributed by atoms with Crippen LogP contribution in [0.3, 0.4) is 0 Å². The van der Waals surface area contributed by atoms with Crippen molar-refractivity contribution in [3.05, 3.63) is 114 Å². The molecule has 1 aromatic heterocycles. The number of aromatic nitrogens is 2. The number of rotatable bonds is 7. The molecular formula is C29H29N5O5S. The SMILES string of the molecule is Cn1cnc(S(=O)(=O)N(Cc2ccccc2)c2ccc(C(=O)N3CCN(C(=O)O)C(c4ccccc4)C3)cc2)c1. The fourth-order valence-corrected chi connectivity index (χ4v) is 6.23. The van der Waals surface area contributed by atoms with E-state index in [1.54, 1.807) is 40.8 Å². The lowest BCUT2D eigenvalue weighted by molar-refractivity contribution is 0.0474. The number of carbonyl (C=O) groups is 2. The van der Waals surface area contributed by atoms with Gasteiger partial charge in [-0.15, -0.1) is 0 Å². The van der Waals surface area contributed by atoms with Gasteiger partial charge in [-0.05, 0) is 35.4 Å². The first kappa shape index (κ1) is 26.9. The summed E-state index contributed by atoms with van der Waals surface area (Å²) in [6, 6.07) is 24.4. The van der Waals surface area contributed by atoms with Crippen LogP contribution in [0, 0.1) is 0 Å². The summed E-state index contributed by atoms with van der Waals surface area (Å²) in [4.78, 5) is 32.4. The van der Waals surface area contributed by atoms with Gasteiger partial charge in [0.1, 0.15) is 0 Å². The van der Waals surface area contributed by atoms with Gasteiger partial charge >= 0.3 is 6.09 Å². The average Bonchev–Trinajstić information content (AvgIpc) is 3.43. The number of imidazole rings is 1. The zero-order valence-electron chi connectivity index (χ0n) is 21.9. The minimum atomic E-state index is -3.99. The fourth-order valence-electron chi connectivity index (χ4n) is 4.81. The van der Waals surface area contributed by atoms with E-state index in [4.69, 9.17) is 0 Å². The number of sulfonamides is 1. The monoisotopic (exact) mass is 559 g/mol. The first-order chi connectivity index (χ1) is 19.2. The summed E-state index contributed by atoms with van der Waals surface area (Å²) in [6.45, 7) is 0.740. The van der Waals surface area contributed by atoms with E-state index in [2.05, 4.69) is 4.98 Å². The van der Waals surface area contributed by atoms with Crippen LogP contribution in [0.2, 0.25) is 0 Å². The summed E-state index contributed by atoms with van der Waals surface area (Å²) in [7, 11) is -2.29. The molecule has 0 spiro atoms. The average molecular weight is 560 g/mol. The Labute approximate surface area is 232 Å². The van der Waals surface area contributed by atoms with E-state index < -0.39 is 22.2 Å². The van der Waals surface area contributed by atoms with Crippen molar-refractivity contribution in [1.29, 1.82) is 0 Å². The lowest BCUT2D eigenvalue weighted by atomic mass is 10.0. The third-order valence-electron chi connectivity index (χ3n) is 6.90. The molecule has 1 aliphatic rings. The van der Waals surface area contributed by atoms with Crippen LogP contribution in [0.25, 0.3) is 0 Å². The Morgan fingerprint density at radius 3 is 2.20 bits per heavy atom. The van der Waals surface area contributed by atoms with Gasteiger partial charge in [0.15, 0.2) is 5.03 Å². The molecule has 40 heavy (non-hydrogen) atoms. The molecule has 0 aliphatic carbocycles. The number of anilines is 1. The van der Waals surface area contributed by atoms with E-state index in [1.807, 2.05) is 60.7 Å². The maximum Gasteiger partial charge on any atom is 0.407 e. The molecule has 1 unspecified atom stereocenters. The molecule has 1 saturated heterocycles. The van der Waals surface area contributed by atoms with Gasteiger partial charge in [0.25, 0.3) is 15.9 Å². The molecule has 3 aromatic carbocycles. The highest BCUT2D eigenvalue weighted by atomic mass is 32.2. The van der Waals surface area contributed by atoms with Crippen molar-refractivity contribution in [3.8, 4) is 0 Å². The molecule has 0 saturated carbocycles. The zero-order chi connectivity index (χ0) is 28.3. The molecule has 2 heterocycles. The first-order valence-electron chi connectivity index (χ1n) is 12.7. The highest BCUT2D eigenvalue weighted by Gasteiger charge is 2.34. The summed E-state index contributed by atoms with van der Waals surface area (Å²) >= 11 is 0. The molecule has 10 nitrogen and oxygen atoms in total. The number of amides is 2. The topological polar surface area (TPSA) is 116 Å². The summed E-state index contributed by atoms with van der Waals surface area (Å²) in [5, 5.41) is 9.64.